The van der Waals surface area contributed by atoms with Crippen LogP contribution in [-0.4, -0.2) is 4.98 Å². The van der Waals surface area contributed by atoms with Gasteiger partial charge in [0.1, 0.15) is 0 Å². The van der Waals surface area contributed by atoms with E-state index in [0.717, 1.165) is 11.9 Å². The normalized spacial score (nSPS) is 10.8. The minimum Gasteiger partial charge on any atom is -0.256 e. The van der Waals surface area contributed by atoms with Crippen molar-refractivity contribution in [3.05, 3.63) is 49.0 Å². The summed E-state index contributed by atoms with van der Waals surface area (Å²) in [6, 6.07) is 10.7. The number of benzene rings is 1. The molecule has 0 aliphatic rings. The fourth-order valence-electron chi connectivity index (χ4n) is 1.96. The van der Waals surface area contributed by atoms with Gasteiger partial charge in [-0.2, -0.15) is 0 Å². The lowest BCUT2D eigenvalue weighted by Gasteiger charge is -2.03. The van der Waals surface area contributed by atoms with Crippen molar-refractivity contribution in [1.29, 1.82) is 0 Å². The SMILES string of the molecule is [CH2]CCCCCc1ccc2ncccc2c1. The number of hydrogen-bond acceptors (Lipinski definition) is 1. The van der Waals surface area contributed by atoms with E-state index in [2.05, 4.69) is 36.2 Å². The topological polar surface area (TPSA) is 12.9 Å². The van der Waals surface area contributed by atoms with Gasteiger partial charge in [0, 0.05) is 11.6 Å². The van der Waals surface area contributed by atoms with Crippen molar-refractivity contribution in [2.75, 3.05) is 0 Å². The van der Waals surface area contributed by atoms with Crippen LogP contribution in [0.5, 0.6) is 0 Å². The Morgan fingerprint density at radius 3 is 2.88 bits per heavy atom. The Morgan fingerprint density at radius 2 is 2.00 bits per heavy atom. The fourth-order valence-corrected chi connectivity index (χ4v) is 1.96. The van der Waals surface area contributed by atoms with Crippen LogP contribution in [0.1, 0.15) is 31.2 Å². The van der Waals surface area contributed by atoms with Crippen LogP contribution in [-0.2, 0) is 6.42 Å². The van der Waals surface area contributed by atoms with E-state index in [9.17, 15) is 0 Å². The Labute approximate surface area is 97.5 Å². The number of rotatable bonds is 5. The summed E-state index contributed by atoms with van der Waals surface area (Å²) in [5.41, 5.74) is 2.51. The van der Waals surface area contributed by atoms with Gasteiger partial charge in [-0.3, -0.25) is 4.98 Å². The predicted molar refractivity (Wildman–Crippen MR) is 69.3 cm³/mol. The molecular weight excluding hydrogens is 194 g/mol. The fraction of sp³-hybridized carbons (Fsp3) is 0.333. The highest BCUT2D eigenvalue weighted by atomic mass is 14.6. The lowest BCUT2D eigenvalue weighted by Crippen LogP contribution is -1.87. The molecule has 0 aliphatic carbocycles. The van der Waals surface area contributed by atoms with Crippen molar-refractivity contribution >= 4 is 10.9 Å². The third kappa shape index (κ3) is 2.82. The van der Waals surface area contributed by atoms with E-state index in [1.165, 1.54) is 36.6 Å². The van der Waals surface area contributed by atoms with Gasteiger partial charge < -0.3 is 0 Å². The molecule has 0 N–H and O–H groups in total. The summed E-state index contributed by atoms with van der Waals surface area (Å²) < 4.78 is 0. The number of pyridine rings is 1. The number of hydrogen-bond donors (Lipinski definition) is 0. The van der Waals surface area contributed by atoms with Gasteiger partial charge in [0.2, 0.25) is 0 Å². The van der Waals surface area contributed by atoms with Crippen molar-refractivity contribution < 1.29 is 0 Å². The molecule has 2 rings (SSSR count). The summed E-state index contributed by atoms with van der Waals surface area (Å²) in [5.74, 6) is 0. The molecule has 0 spiro atoms. The zero-order chi connectivity index (χ0) is 11.2. The molecule has 0 fully saturated rings. The predicted octanol–water partition coefficient (Wildman–Crippen LogP) is 4.17. The van der Waals surface area contributed by atoms with Gasteiger partial charge in [-0.05, 0) is 36.6 Å². The van der Waals surface area contributed by atoms with E-state index in [-0.39, 0.29) is 0 Å². The molecule has 83 valence electrons. The first-order valence-electron chi connectivity index (χ1n) is 6.03. The first kappa shape index (κ1) is 11.1. The average molecular weight is 212 g/mol. The van der Waals surface area contributed by atoms with Gasteiger partial charge in [0.25, 0.3) is 0 Å². The van der Waals surface area contributed by atoms with Crippen molar-refractivity contribution in [3.8, 4) is 0 Å². The minimum absolute atomic E-state index is 1.06. The van der Waals surface area contributed by atoms with Crippen LogP contribution in [0.2, 0.25) is 0 Å². The lowest BCUT2D eigenvalue weighted by atomic mass is 10.0. The van der Waals surface area contributed by atoms with Crippen LogP contribution >= 0.6 is 0 Å². The monoisotopic (exact) mass is 212 g/mol. The van der Waals surface area contributed by atoms with E-state index in [4.69, 9.17) is 0 Å². The third-order valence-corrected chi connectivity index (χ3v) is 2.88. The van der Waals surface area contributed by atoms with E-state index in [0.29, 0.717) is 0 Å². The van der Waals surface area contributed by atoms with Crippen LogP contribution in [0, 0.1) is 6.92 Å². The van der Waals surface area contributed by atoms with E-state index in [1.54, 1.807) is 0 Å². The standard InChI is InChI=1S/C15H18N/c1-2-3-4-5-7-13-9-10-15-14(12-13)8-6-11-16-15/h6,8-12H,1-5,7H2. The van der Waals surface area contributed by atoms with Crippen LogP contribution in [0.4, 0.5) is 0 Å². The van der Waals surface area contributed by atoms with Crippen LogP contribution in [0.3, 0.4) is 0 Å². The molecule has 2 aromatic rings. The van der Waals surface area contributed by atoms with Gasteiger partial charge in [0.05, 0.1) is 5.52 Å². The highest BCUT2D eigenvalue weighted by Crippen LogP contribution is 2.15. The van der Waals surface area contributed by atoms with E-state index in [1.807, 2.05) is 12.3 Å². The molecule has 0 unspecified atom stereocenters. The second kappa shape index (κ2) is 5.64. The Morgan fingerprint density at radius 1 is 1.06 bits per heavy atom. The quantitative estimate of drug-likeness (QED) is 0.678. The average Bonchev–Trinajstić information content (AvgIpc) is 2.34. The Kier molecular flexibility index (Phi) is 3.92. The lowest BCUT2D eigenvalue weighted by molar-refractivity contribution is 0.686. The Hall–Kier alpha value is -1.37. The zero-order valence-corrected chi connectivity index (χ0v) is 9.65. The molecule has 1 radical (unpaired) electrons. The maximum Gasteiger partial charge on any atom is 0.0702 e. The molecule has 0 aliphatic heterocycles. The van der Waals surface area contributed by atoms with Gasteiger partial charge in [-0.25, -0.2) is 0 Å². The van der Waals surface area contributed by atoms with E-state index < -0.39 is 0 Å². The molecule has 0 saturated heterocycles. The first-order valence-corrected chi connectivity index (χ1v) is 6.03. The second-order valence-corrected chi connectivity index (χ2v) is 4.19. The molecule has 1 aromatic heterocycles. The van der Waals surface area contributed by atoms with Gasteiger partial charge >= 0.3 is 0 Å². The number of unbranched alkanes of at least 4 members (excludes halogenated alkanes) is 3. The summed E-state index contributed by atoms with van der Waals surface area (Å²) in [6.07, 6.45) is 7.87. The Balaban J connectivity index is 2.02. The Bertz CT molecular complexity index is 448. The van der Waals surface area contributed by atoms with Gasteiger partial charge in [-0.1, -0.05) is 38.3 Å². The zero-order valence-electron chi connectivity index (χ0n) is 9.65. The molecule has 1 heterocycles. The molecule has 1 heteroatoms. The van der Waals surface area contributed by atoms with Crippen molar-refractivity contribution in [2.45, 2.75) is 32.1 Å². The highest BCUT2D eigenvalue weighted by Gasteiger charge is 1.97. The number of aryl methyl sites for hydroxylation is 1. The van der Waals surface area contributed by atoms with Crippen LogP contribution in [0.25, 0.3) is 10.9 Å². The third-order valence-electron chi connectivity index (χ3n) is 2.88. The summed E-state index contributed by atoms with van der Waals surface area (Å²) in [5, 5.41) is 1.25. The summed E-state index contributed by atoms with van der Waals surface area (Å²) >= 11 is 0. The molecule has 16 heavy (non-hydrogen) atoms. The number of fused-ring (bicyclic) bond motifs is 1. The summed E-state index contributed by atoms with van der Waals surface area (Å²) in [7, 11) is 0. The minimum atomic E-state index is 1.06. The number of nitrogens with zero attached hydrogens (tertiary/aromatic N) is 1. The molecule has 0 atom stereocenters. The van der Waals surface area contributed by atoms with Gasteiger partial charge in [-0.15, -0.1) is 0 Å². The largest absolute Gasteiger partial charge is 0.256 e. The molecule has 0 bridgehead atoms. The highest BCUT2D eigenvalue weighted by molar-refractivity contribution is 5.78. The number of aromatic nitrogens is 1. The van der Waals surface area contributed by atoms with Crippen LogP contribution < -0.4 is 0 Å². The summed E-state index contributed by atoms with van der Waals surface area (Å²) in [6.45, 7) is 3.86. The van der Waals surface area contributed by atoms with Crippen molar-refractivity contribution in [2.24, 2.45) is 0 Å². The molecule has 1 aromatic carbocycles. The van der Waals surface area contributed by atoms with Gasteiger partial charge in [0.15, 0.2) is 0 Å². The molecule has 0 saturated carbocycles. The van der Waals surface area contributed by atoms with E-state index >= 15 is 0 Å². The molecule has 1 nitrogen and oxygen atoms in total. The maximum absolute atomic E-state index is 4.32. The van der Waals surface area contributed by atoms with Crippen LogP contribution in [0.15, 0.2) is 36.5 Å². The maximum atomic E-state index is 4.32. The molecule has 0 amide bonds. The van der Waals surface area contributed by atoms with Crippen molar-refractivity contribution in [3.63, 3.8) is 0 Å². The smallest absolute Gasteiger partial charge is 0.0702 e. The second-order valence-electron chi connectivity index (χ2n) is 4.19. The summed E-state index contributed by atoms with van der Waals surface area (Å²) in [4.78, 5) is 4.32. The molecular formula is C15H18N. The van der Waals surface area contributed by atoms with Crippen molar-refractivity contribution in [1.82, 2.24) is 4.98 Å². The first-order chi connectivity index (χ1) is 7.90.